The van der Waals surface area contributed by atoms with Crippen molar-refractivity contribution in [3.63, 3.8) is 0 Å². The summed E-state index contributed by atoms with van der Waals surface area (Å²) in [6.45, 7) is 2.35. The Morgan fingerprint density at radius 2 is 2.03 bits per heavy atom. The quantitative estimate of drug-likeness (QED) is 0.699. The van der Waals surface area contributed by atoms with Gasteiger partial charge in [-0.3, -0.25) is 14.9 Å². The van der Waals surface area contributed by atoms with Crippen LogP contribution in [0.4, 0.5) is 5.69 Å². The fraction of sp³-hybridized carbons (Fsp3) is 0.143. The van der Waals surface area contributed by atoms with Crippen molar-refractivity contribution in [2.45, 2.75) is 12.3 Å². The molecule has 29 heavy (non-hydrogen) atoms. The van der Waals surface area contributed by atoms with Crippen molar-refractivity contribution in [3.8, 4) is 23.2 Å². The van der Waals surface area contributed by atoms with Gasteiger partial charge in [0, 0.05) is 35.8 Å². The topological polar surface area (TPSA) is 121 Å². The van der Waals surface area contributed by atoms with Crippen molar-refractivity contribution in [1.82, 2.24) is 15.2 Å². The molecular formula is C21H16N6O2. The van der Waals surface area contributed by atoms with Crippen LogP contribution in [0.15, 0.2) is 60.2 Å². The van der Waals surface area contributed by atoms with Gasteiger partial charge < -0.3 is 15.4 Å². The first-order chi connectivity index (χ1) is 14.1. The lowest BCUT2D eigenvalue weighted by molar-refractivity contribution is -0.120. The average molecular weight is 384 g/mol. The van der Waals surface area contributed by atoms with E-state index < -0.39 is 5.41 Å². The van der Waals surface area contributed by atoms with E-state index in [9.17, 15) is 10.1 Å². The number of rotatable bonds is 2. The average Bonchev–Trinajstić information content (AvgIpc) is 3.27. The Morgan fingerprint density at radius 3 is 2.76 bits per heavy atom. The number of hydrogen-bond donors (Lipinski definition) is 2. The molecule has 2 aliphatic rings. The van der Waals surface area contributed by atoms with Gasteiger partial charge in [0.05, 0.1) is 11.3 Å². The van der Waals surface area contributed by atoms with Crippen molar-refractivity contribution >= 4 is 11.6 Å². The fourth-order valence-corrected chi connectivity index (χ4v) is 4.33. The molecule has 8 heteroatoms. The number of nitriles is 1. The number of carbonyl (C=O) groups is 1. The summed E-state index contributed by atoms with van der Waals surface area (Å²) in [4.78, 5) is 19.6. The second-order valence-corrected chi connectivity index (χ2v) is 6.78. The van der Waals surface area contributed by atoms with Gasteiger partial charge >= 0.3 is 0 Å². The Kier molecular flexibility index (Phi) is 3.48. The maximum atomic E-state index is 13.9. The number of fused-ring (bicyclic) bond motifs is 4. The van der Waals surface area contributed by atoms with Crippen molar-refractivity contribution in [2.75, 3.05) is 11.4 Å². The molecule has 4 heterocycles. The van der Waals surface area contributed by atoms with Crippen LogP contribution in [0.1, 0.15) is 18.1 Å². The number of nitrogens with zero attached hydrogens (tertiary/aromatic N) is 4. The number of likely N-dealkylation sites (N-methyl/N-ethyl adjacent to an activating group) is 1. The van der Waals surface area contributed by atoms with Crippen LogP contribution in [0.3, 0.4) is 0 Å². The lowest BCUT2D eigenvalue weighted by atomic mass is 9.68. The summed E-state index contributed by atoms with van der Waals surface area (Å²) >= 11 is 0. The van der Waals surface area contributed by atoms with Gasteiger partial charge in [0.15, 0.2) is 0 Å². The Balaban J connectivity index is 1.93. The number of nitrogens with two attached hydrogens (primary N) is 1. The summed E-state index contributed by atoms with van der Waals surface area (Å²) < 4.78 is 5.66. The first kappa shape index (κ1) is 17.0. The summed E-state index contributed by atoms with van der Waals surface area (Å²) in [7, 11) is 0. The molecule has 5 rings (SSSR count). The molecule has 3 N–H and O–H groups in total. The molecule has 0 unspecified atom stereocenters. The zero-order valence-electron chi connectivity index (χ0n) is 15.5. The molecule has 0 fully saturated rings. The SMILES string of the molecule is CCN1C(=O)[C@@]2(C(C#N)=C(N)Oc3n[nH]c(-c4ccncc4)c32)c2ccccc21. The molecule has 0 bridgehead atoms. The number of H-pyrrole nitrogens is 1. The summed E-state index contributed by atoms with van der Waals surface area (Å²) in [6.07, 6.45) is 3.30. The summed E-state index contributed by atoms with van der Waals surface area (Å²) in [5, 5.41) is 17.3. The third kappa shape index (κ3) is 1.99. The first-order valence-electron chi connectivity index (χ1n) is 9.13. The molecule has 1 atom stereocenters. The second-order valence-electron chi connectivity index (χ2n) is 6.78. The molecule has 8 nitrogen and oxygen atoms in total. The van der Waals surface area contributed by atoms with Gasteiger partial charge in [-0.05, 0) is 25.1 Å². The van der Waals surface area contributed by atoms with Gasteiger partial charge in [0.25, 0.3) is 0 Å². The minimum Gasteiger partial charge on any atom is -0.420 e. The van der Waals surface area contributed by atoms with Crippen LogP contribution in [-0.2, 0) is 10.2 Å². The lowest BCUT2D eigenvalue weighted by Crippen LogP contribution is -2.45. The van der Waals surface area contributed by atoms with E-state index in [1.165, 1.54) is 0 Å². The van der Waals surface area contributed by atoms with Crippen molar-refractivity contribution in [1.29, 1.82) is 5.26 Å². The Hall–Kier alpha value is -4.12. The molecule has 0 aliphatic carbocycles. The molecule has 1 spiro atoms. The standard InChI is InChI=1S/C21H16N6O2/c1-2-27-15-6-4-3-5-13(15)21(20(27)28)14(11-22)18(23)29-19-16(21)17(25-26-19)12-7-9-24-10-8-12/h3-10H,2,23H2,1H3,(H,25,26)/t21-/m1/s1. The predicted octanol–water partition coefficient (Wildman–Crippen LogP) is 2.21. The highest BCUT2D eigenvalue weighted by molar-refractivity contribution is 6.15. The van der Waals surface area contributed by atoms with Crippen LogP contribution >= 0.6 is 0 Å². The number of hydrogen-bond acceptors (Lipinski definition) is 6. The van der Waals surface area contributed by atoms with Crippen LogP contribution in [-0.4, -0.2) is 27.6 Å². The van der Waals surface area contributed by atoms with Gasteiger partial charge in [0.2, 0.25) is 17.7 Å². The highest BCUT2D eigenvalue weighted by atomic mass is 16.5. The Bertz CT molecular complexity index is 1220. The van der Waals surface area contributed by atoms with E-state index in [2.05, 4.69) is 21.3 Å². The number of pyridine rings is 1. The number of benzene rings is 1. The van der Waals surface area contributed by atoms with E-state index in [0.29, 0.717) is 23.4 Å². The third-order valence-corrected chi connectivity index (χ3v) is 5.50. The predicted molar refractivity (Wildman–Crippen MR) is 105 cm³/mol. The molecule has 1 amide bonds. The molecule has 3 aromatic rings. The second kappa shape index (κ2) is 5.94. The van der Waals surface area contributed by atoms with Gasteiger partial charge in [-0.15, -0.1) is 5.10 Å². The number of aromatic amines is 1. The van der Waals surface area contributed by atoms with Gasteiger partial charge in [-0.25, -0.2) is 0 Å². The zero-order chi connectivity index (χ0) is 20.2. The van der Waals surface area contributed by atoms with Crippen LogP contribution in [0, 0.1) is 11.3 Å². The highest BCUT2D eigenvalue weighted by Crippen LogP contribution is 2.56. The van der Waals surface area contributed by atoms with Crippen LogP contribution < -0.4 is 15.4 Å². The van der Waals surface area contributed by atoms with Gasteiger partial charge in [-0.1, -0.05) is 18.2 Å². The third-order valence-electron chi connectivity index (χ3n) is 5.50. The number of carbonyl (C=O) groups excluding carboxylic acids is 1. The van der Waals surface area contributed by atoms with Gasteiger partial charge in [-0.2, -0.15) is 5.26 Å². The number of amides is 1. The Morgan fingerprint density at radius 1 is 1.28 bits per heavy atom. The highest BCUT2D eigenvalue weighted by Gasteiger charge is 2.60. The molecule has 1 aromatic carbocycles. The zero-order valence-corrected chi connectivity index (χ0v) is 15.5. The number of anilines is 1. The number of aromatic nitrogens is 3. The molecule has 0 radical (unpaired) electrons. The van der Waals surface area contributed by atoms with Crippen molar-refractivity contribution in [2.24, 2.45) is 5.73 Å². The van der Waals surface area contributed by atoms with Crippen molar-refractivity contribution < 1.29 is 9.53 Å². The summed E-state index contributed by atoms with van der Waals surface area (Å²) in [6, 6.07) is 13.2. The van der Waals surface area contributed by atoms with E-state index in [1.807, 2.05) is 31.2 Å². The minimum absolute atomic E-state index is 0.0649. The van der Waals surface area contributed by atoms with E-state index >= 15 is 0 Å². The van der Waals surface area contributed by atoms with E-state index in [-0.39, 0.29) is 23.2 Å². The normalized spacial score (nSPS) is 19.7. The maximum Gasteiger partial charge on any atom is 0.247 e. The summed E-state index contributed by atoms with van der Waals surface area (Å²) in [5.74, 6) is -0.176. The van der Waals surface area contributed by atoms with Crippen LogP contribution in [0.25, 0.3) is 11.3 Å². The molecule has 2 aliphatic heterocycles. The first-order valence-corrected chi connectivity index (χ1v) is 9.13. The van der Waals surface area contributed by atoms with E-state index in [4.69, 9.17) is 10.5 Å². The van der Waals surface area contributed by atoms with Crippen LogP contribution in [0.2, 0.25) is 0 Å². The molecular weight excluding hydrogens is 368 g/mol. The van der Waals surface area contributed by atoms with Crippen LogP contribution in [0.5, 0.6) is 5.88 Å². The molecule has 142 valence electrons. The molecule has 2 aromatic heterocycles. The van der Waals surface area contributed by atoms with Crippen molar-refractivity contribution in [3.05, 3.63) is 71.4 Å². The summed E-state index contributed by atoms with van der Waals surface area (Å²) in [5.41, 5.74) is 8.03. The largest absolute Gasteiger partial charge is 0.420 e. The molecule has 0 saturated carbocycles. The minimum atomic E-state index is -1.43. The number of ether oxygens (including phenoxy) is 1. The van der Waals surface area contributed by atoms with Gasteiger partial charge in [0.1, 0.15) is 17.1 Å². The maximum absolute atomic E-state index is 13.9. The molecule has 0 saturated heterocycles. The Labute approximate surface area is 166 Å². The number of para-hydroxylation sites is 1. The monoisotopic (exact) mass is 384 g/mol. The van der Waals surface area contributed by atoms with E-state index in [1.54, 1.807) is 29.4 Å². The number of nitrogens with one attached hydrogen (secondary N) is 1. The lowest BCUT2D eigenvalue weighted by Gasteiger charge is -2.32. The smallest absolute Gasteiger partial charge is 0.247 e. The fourth-order valence-electron chi connectivity index (χ4n) is 4.33. The van der Waals surface area contributed by atoms with E-state index in [0.717, 1.165) is 11.3 Å².